The number of carbonyl (C=O) groups is 7. The molecule has 4 unspecified atom stereocenters. The number of ether oxygens (including phenoxy) is 1. The third-order valence-electron chi connectivity index (χ3n) is 11.4. The normalized spacial score (nSPS) is 18.9. The second-order valence-corrected chi connectivity index (χ2v) is 17.4. The second kappa shape index (κ2) is 27.5. The summed E-state index contributed by atoms with van der Waals surface area (Å²) in [5.74, 6) is -7.97. The van der Waals surface area contributed by atoms with Crippen LogP contribution in [-0.2, 0) is 33.5 Å². The van der Waals surface area contributed by atoms with Gasteiger partial charge >= 0.3 is 6.09 Å². The van der Waals surface area contributed by atoms with E-state index in [1.165, 1.54) is 50.1 Å². The van der Waals surface area contributed by atoms with Crippen LogP contribution in [0.15, 0.2) is 30.3 Å². The molecule has 14 nitrogen and oxygen atoms in total. The molecule has 6 amide bonds. The van der Waals surface area contributed by atoms with Crippen LogP contribution in [0.3, 0.4) is 0 Å². The van der Waals surface area contributed by atoms with Gasteiger partial charge in [-0.05, 0) is 76.7 Å². The number of alkyl halides is 2. The molecule has 2 saturated carbocycles. The standard InChI is InChI=1S/C38H56F2N6O8.C5H10.2C2H6/c1-8-37(3,4)54-36(53)44-30(26-17-13-10-14-18-26)35(52)46-22-24(20-38(5,39)40)19-27(46)32(49)42-23(2)31(48)33(50)41-21-28(47)43-29(34(51)45(6)7)25-15-11-9-12-16-25;1-5-3-2-4-5;2*1-2/h9,11-12,15-16,23-24,26-27,29-30H,8,10,13-14,17-22H2,1-7H3,(H,41,50)(H,42,49)(H,43,47)(H,44,53);5H,2-4H2,1H3;2*1-2H3/t23?,24-,27?,29?,30?;;;/m0.../s1. The summed E-state index contributed by atoms with van der Waals surface area (Å²) in [7, 11) is 3.05. The number of likely N-dealkylation sites (tertiary alicyclic amines) is 1. The fourth-order valence-electron chi connectivity index (χ4n) is 7.41. The van der Waals surface area contributed by atoms with E-state index in [4.69, 9.17) is 4.74 Å². The SMILES string of the molecule is CC.CC.CC1CCC1.CCC(C)(C)OC(=O)NC(C(=O)N1C[C@H](CC(C)(F)F)CC1C(=O)NC(C)C(=O)C(=O)NCC(=O)NC(C(=O)N(C)C)c1ccccc1)C1CCCCC1. The van der Waals surface area contributed by atoms with E-state index >= 15 is 0 Å². The van der Waals surface area contributed by atoms with Crippen LogP contribution in [0.5, 0.6) is 0 Å². The highest BCUT2D eigenvalue weighted by molar-refractivity contribution is 6.38. The fourth-order valence-corrected chi connectivity index (χ4v) is 7.41. The van der Waals surface area contributed by atoms with Gasteiger partial charge in [-0.15, -0.1) is 0 Å². The summed E-state index contributed by atoms with van der Waals surface area (Å²) in [4.78, 5) is 94.8. The number of hydrogen-bond donors (Lipinski definition) is 4. The van der Waals surface area contributed by atoms with Gasteiger partial charge in [-0.3, -0.25) is 28.8 Å². The van der Waals surface area contributed by atoms with Gasteiger partial charge in [-0.25, -0.2) is 13.6 Å². The predicted octanol–water partition coefficient (Wildman–Crippen LogP) is 7.11. The molecule has 2 aliphatic carbocycles. The van der Waals surface area contributed by atoms with E-state index in [-0.39, 0.29) is 18.9 Å². The maximum atomic E-state index is 14.3. The van der Waals surface area contributed by atoms with E-state index in [1.54, 1.807) is 44.2 Å². The van der Waals surface area contributed by atoms with Crippen molar-refractivity contribution in [3.8, 4) is 0 Å². The molecule has 0 bridgehead atoms. The summed E-state index contributed by atoms with van der Waals surface area (Å²) in [6.45, 7) is 16.8. The minimum atomic E-state index is -3.09. The monoisotopic (exact) mass is 893 g/mol. The maximum absolute atomic E-state index is 14.3. The number of nitrogens with one attached hydrogen (secondary N) is 4. The average Bonchev–Trinajstić information content (AvgIpc) is 3.67. The van der Waals surface area contributed by atoms with Crippen LogP contribution in [0.4, 0.5) is 13.6 Å². The topological polar surface area (TPSA) is 183 Å². The largest absolute Gasteiger partial charge is 0.444 e. The molecule has 1 aromatic carbocycles. The number of carbonyl (C=O) groups excluding carboxylic acids is 7. The Morgan fingerprint density at radius 3 is 1.92 bits per heavy atom. The van der Waals surface area contributed by atoms with E-state index < -0.39 is 96.0 Å². The zero-order valence-corrected chi connectivity index (χ0v) is 40.0. The van der Waals surface area contributed by atoms with Gasteiger partial charge in [-0.2, -0.15) is 0 Å². The number of nitrogens with zero attached hydrogens (tertiary/aromatic N) is 2. The van der Waals surface area contributed by atoms with Crippen LogP contribution in [0.1, 0.15) is 151 Å². The molecule has 3 fully saturated rings. The van der Waals surface area contributed by atoms with Crippen LogP contribution in [-0.4, -0.2) is 108 Å². The Bertz CT molecular complexity index is 1610. The van der Waals surface area contributed by atoms with Gasteiger partial charge in [0.15, 0.2) is 0 Å². The number of ketones is 1. The first-order valence-corrected chi connectivity index (χ1v) is 23.0. The third kappa shape index (κ3) is 19.3. The molecular weight excluding hydrogens is 815 g/mol. The van der Waals surface area contributed by atoms with Gasteiger partial charge < -0.3 is 35.8 Å². The van der Waals surface area contributed by atoms with Crippen molar-refractivity contribution in [2.75, 3.05) is 27.2 Å². The van der Waals surface area contributed by atoms with Crippen molar-refractivity contribution in [2.24, 2.45) is 17.8 Å². The minimum Gasteiger partial charge on any atom is -0.444 e. The lowest BCUT2D eigenvalue weighted by atomic mass is 9.83. The summed E-state index contributed by atoms with van der Waals surface area (Å²) in [6, 6.07) is 3.64. The fraction of sp³-hybridized carbons (Fsp3) is 0.723. The van der Waals surface area contributed by atoms with E-state index in [0.29, 0.717) is 24.8 Å². The van der Waals surface area contributed by atoms with E-state index in [9.17, 15) is 42.3 Å². The zero-order chi connectivity index (χ0) is 48.1. The lowest BCUT2D eigenvalue weighted by Crippen LogP contribution is -2.58. The van der Waals surface area contributed by atoms with Gasteiger partial charge in [0, 0.05) is 27.1 Å². The van der Waals surface area contributed by atoms with Crippen molar-refractivity contribution in [3.63, 3.8) is 0 Å². The number of halogens is 2. The maximum Gasteiger partial charge on any atom is 0.408 e. The number of hydrogen-bond acceptors (Lipinski definition) is 8. The number of rotatable bonds is 16. The molecule has 1 saturated heterocycles. The van der Waals surface area contributed by atoms with Crippen molar-refractivity contribution in [1.29, 1.82) is 0 Å². The van der Waals surface area contributed by atoms with Gasteiger partial charge in [0.25, 0.3) is 5.91 Å². The van der Waals surface area contributed by atoms with E-state index in [0.717, 1.165) is 32.1 Å². The Kier molecular flexibility index (Phi) is 24.6. The predicted molar refractivity (Wildman–Crippen MR) is 241 cm³/mol. The average molecular weight is 893 g/mol. The Balaban J connectivity index is 0.00000200. The first-order valence-electron chi connectivity index (χ1n) is 23.0. The molecule has 3 aliphatic rings. The molecule has 0 radical (unpaired) electrons. The van der Waals surface area contributed by atoms with Gasteiger partial charge in [0.1, 0.15) is 23.7 Å². The first kappa shape index (κ1) is 56.4. The number of alkyl carbamates (subject to hydrolysis) is 1. The lowest BCUT2D eigenvalue weighted by molar-refractivity contribution is -0.143. The van der Waals surface area contributed by atoms with Crippen molar-refractivity contribution in [3.05, 3.63) is 35.9 Å². The molecule has 4 rings (SSSR count). The molecule has 1 heterocycles. The third-order valence-corrected chi connectivity index (χ3v) is 11.4. The zero-order valence-electron chi connectivity index (χ0n) is 40.0. The molecule has 5 atom stereocenters. The Hall–Kier alpha value is -4.63. The molecule has 16 heteroatoms. The van der Waals surface area contributed by atoms with Crippen molar-refractivity contribution >= 4 is 41.4 Å². The first-order chi connectivity index (χ1) is 29.6. The van der Waals surface area contributed by atoms with Gasteiger partial charge in [0.2, 0.25) is 35.3 Å². The van der Waals surface area contributed by atoms with Crippen LogP contribution < -0.4 is 21.3 Å². The highest BCUT2D eigenvalue weighted by Crippen LogP contribution is 2.35. The van der Waals surface area contributed by atoms with Crippen molar-refractivity contribution in [2.45, 2.75) is 176 Å². The highest BCUT2D eigenvalue weighted by atomic mass is 19.3. The Morgan fingerprint density at radius 2 is 1.43 bits per heavy atom. The molecule has 0 aromatic heterocycles. The van der Waals surface area contributed by atoms with Crippen LogP contribution in [0.25, 0.3) is 0 Å². The summed E-state index contributed by atoms with van der Waals surface area (Å²) >= 11 is 0. The molecule has 63 heavy (non-hydrogen) atoms. The smallest absolute Gasteiger partial charge is 0.408 e. The second-order valence-electron chi connectivity index (χ2n) is 17.4. The molecule has 358 valence electrons. The number of amides is 6. The van der Waals surface area contributed by atoms with Crippen LogP contribution in [0.2, 0.25) is 0 Å². The Morgan fingerprint density at radius 1 is 0.857 bits per heavy atom. The highest BCUT2D eigenvalue weighted by Gasteiger charge is 2.46. The summed E-state index contributed by atoms with van der Waals surface area (Å²) in [5.41, 5.74) is -0.305. The Labute approximate surface area is 375 Å². The van der Waals surface area contributed by atoms with Crippen LogP contribution in [0, 0.1) is 17.8 Å². The summed E-state index contributed by atoms with van der Waals surface area (Å²) in [6.07, 6.45) is 7.31. The van der Waals surface area contributed by atoms with Gasteiger partial charge in [-0.1, -0.05) is 110 Å². The summed E-state index contributed by atoms with van der Waals surface area (Å²) in [5, 5.41) is 9.91. The number of Topliss-reactive ketones (excluding diaryl/α,β-unsaturated/α-hetero) is 1. The molecular formula is C47H78F2N6O8. The number of likely N-dealkylation sites (N-methyl/N-ethyl adjacent to an activating group) is 1. The molecule has 1 aromatic rings. The molecule has 4 N–H and O–H groups in total. The molecule has 0 spiro atoms. The van der Waals surface area contributed by atoms with Crippen molar-refractivity contribution in [1.82, 2.24) is 31.1 Å². The number of benzene rings is 1. The molecule has 1 aliphatic heterocycles. The summed E-state index contributed by atoms with van der Waals surface area (Å²) < 4.78 is 33.9. The minimum absolute atomic E-state index is 0.132. The van der Waals surface area contributed by atoms with Crippen LogP contribution >= 0.6 is 0 Å². The van der Waals surface area contributed by atoms with Gasteiger partial charge in [0.05, 0.1) is 12.6 Å². The quantitative estimate of drug-likeness (QED) is 0.127. The van der Waals surface area contributed by atoms with E-state index in [1.807, 2.05) is 34.6 Å². The van der Waals surface area contributed by atoms with E-state index in [2.05, 4.69) is 28.2 Å². The van der Waals surface area contributed by atoms with Crippen molar-refractivity contribution < 1.29 is 47.1 Å². The lowest BCUT2D eigenvalue weighted by Gasteiger charge is -2.35.